The molecule has 0 aromatic carbocycles. The van der Waals surface area contributed by atoms with E-state index in [1.165, 1.54) is 12.1 Å². The molecule has 1 aliphatic carbocycles. The lowest BCUT2D eigenvalue weighted by atomic mass is 9.62. The maximum atomic E-state index is 12.6. The van der Waals surface area contributed by atoms with E-state index in [1.54, 1.807) is 0 Å². The minimum Gasteiger partial charge on any atom is -0.474 e. The summed E-state index contributed by atoms with van der Waals surface area (Å²) in [6.45, 7) is 2.04. The van der Waals surface area contributed by atoms with Crippen LogP contribution < -0.4 is 10.1 Å². The van der Waals surface area contributed by atoms with Crippen LogP contribution in [-0.2, 0) is 6.18 Å². The van der Waals surface area contributed by atoms with Gasteiger partial charge in [0.1, 0.15) is 11.8 Å². The number of ether oxygens (including phenoxy) is 1. The highest BCUT2D eigenvalue weighted by Gasteiger charge is 2.46. The van der Waals surface area contributed by atoms with Crippen molar-refractivity contribution >= 4 is 12.4 Å². The quantitative estimate of drug-likeness (QED) is 0.905. The highest BCUT2D eigenvalue weighted by atomic mass is 35.5. The summed E-state index contributed by atoms with van der Waals surface area (Å²) in [6.07, 6.45) is -0.315. The topological polar surface area (TPSA) is 34.1 Å². The molecular weight excluding hydrogens is 305 g/mol. The van der Waals surface area contributed by atoms with Gasteiger partial charge in [0.05, 0.1) is 0 Å². The van der Waals surface area contributed by atoms with Crippen molar-refractivity contribution in [2.45, 2.75) is 38.0 Å². The summed E-state index contributed by atoms with van der Waals surface area (Å²) >= 11 is 0. The normalized spacial score (nSPS) is 21.5. The SMILES string of the molecule is Cl.FC(F)(F)c1cccc(OC2CC3(CCNCC3)C2)n1. The lowest BCUT2D eigenvalue weighted by molar-refractivity contribution is -0.141. The molecule has 3 rings (SSSR count). The number of piperidine rings is 1. The van der Waals surface area contributed by atoms with Gasteiger partial charge in [0, 0.05) is 6.07 Å². The number of pyridine rings is 1. The predicted octanol–water partition coefficient (Wildman–Crippen LogP) is 3.43. The van der Waals surface area contributed by atoms with Gasteiger partial charge in [0.2, 0.25) is 5.88 Å². The van der Waals surface area contributed by atoms with Crippen LogP contribution in [-0.4, -0.2) is 24.2 Å². The van der Waals surface area contributed by atoms with E-state index in [9.17, 15) is 13.2 Å². The third-order valence-corrected chi connectivity index (χ3v) is 4.29. The number of alkyl halides is 3. The molecule has 3 nitrogen and oxygen atoms in total. The molecule has 1 spiro atoms. The number of rotatable bonds is 2. The molecule has 0 atom stereocenters. The summed E-state index contributed by atoms with van der Waals surface area (Å²) in [7, 11) is 0. The van der Waals surface area contributed by atoms with Gasteiger partial charge in [-0.2, -0.15) is 13.2 Å². The number of halogens is 4. The smallest absolute Gasteiger partial charge is 0.433 e. The third-order valence-electron chi connectivity index (χ3n) is 4.29. The molecule has 2 fully saturated rings. The van der Waals surface area contributed by atoms with Crippen LogP contribution >= 0.6 is 12.4 Å². The van der Waals surface area contributed by atoms with E-state index in [0.29, 0.717) is 5.41 Å². The van der Waals surface area contributed by atoms with Crippen LogP contribution in [0.5, 0.6) is 5.88 Å². The Morgan fingerprint density at radius 1 is 1.19 bits per heavy atom. The lowest BCUT2D eigenvalue weighted by Gasteiger charge is -2.49. The maximum absolute atomic E-state index is 12.6. The van der Waals surface area contributed by atoms with Crippen molar-refractivity contribution < 1.29 is 17.9 Å². The molecule has 1 aliphatic heterocycles. The van der Waals surface area contributed by atoms with Crippen LogP contribution in [0.2, 0.25) is 0 Å². The first-order valence-electron chi connectivity index (χ1n) is 6.89. The molecule has 2 heterocycles. The van der Waals surface area contributed by atoms with Gasteiger partial charge in [-0.1, -0.05) is 6.07 Å². The number of hydrogen-bond acceptors (Lipinski definition) is 3. The molecule has 118 valence electrons. The molecule has 2 aliphatic rings. The Balaban J connectivity index is 0.00000161. The second-order valence-electron chi connectivity index (χ2n) is 5.76. The minimum atomic E-state index is -4.42. The summed E-state index contributed by atoms with van der Waals surface area (Å²) in [4.78, 5) is 3.54. The average molecular weight is 323 g/mol. The largest absolute Gasteiger partial charge is 0.474 e. The van der Waals surface area contributed by atoms with Gasteiger partial charge in [-0.05, 0) is 50.3 Å². The van der Waals surface area contributed by atoms with Crippen LogP contribution in [0.4, 0.5) is 13.2 Å². The molecule has 1 aromatic rings. The van der Waals surface area contributed by atoms with E-state index in [4.69, 9.17) is 4.74 Å². The van der Waals surface area contributed by atoms with Crippen molar-refractivity contribution in [3.05, 3.63) is 23.9 Å². The van der Waals surface area contributed by atoms with E-state index in [2.05, 4.69) is 10.3 Å². The van der Waals surface area contributed by atoms with Crippen LogP contribution in [0, 0.1) is 5.41 Å². The maximum Gasteiger partial charge on any atom is 0.433 e. The molecule has 7 heteroatoms. The lowest BCUT2D eigenvalue weighted by Crippen LogP contribution is -2.49. The van der Waals surface area contributed by atoms with Crippen LogP contribution in [0.25, 0.3) is 0 Å². The Labute approximate surface area is 127 Å². The summed E-state index contributed by atoms with van der Waals surface area (Å²) in [5.41, 5.74) is -0.553. The molecule has 0 amide bonds. The van der Waals surface area contributed by atoms with Crippen molar-refractivity contribution in [3.63, 3.8) is 0 Å². The minimum absolute atomic E-state index is 0. The van der Waals surface area contributed by atoms with Gasteiger partial charge in [-0.15, -0.1) is 12.4 Å². The van der Waals surface area contributed by atoms with Crippen molar-refractivity contribution in [2.75, 3.05) is 13.1 Å². The van der Waals surface area contributed by atoms with Gasteiger partial charge in [0.25, 0.3) is 0 Å². The first kappa shape index (κ1) is 16.4. The summed E-state index contributed by atoms with van der Waals surface area (Å²) in [6, 6.07) is 3.79. The van der Waals surface area contributed by atoms with E-state index in [-0.39, 0.29) is 24.4 Å². The van der Waals surface area contributed by atoms with Crippen LogP contribution in [0.1, 0.15) is 31.4 Å². The van der Waals surface area contributed by atoms with Gasteiger partial charge >= 0.3 is 6.18 Å². The number of nitrogens with zero attached hydrogens (tertiary/aromatic N) is 1. The third kappa shape index (κ3) is 3.61. The Kier molecular flexibility index (Phi) is 4.68. The molecule has 0 radical (unpaired) electrons. The molecule has 0 unspecified atom stereocenters. The fraction of sp³-hybridized carbons (Fsp3) is 0.643. The molecule has 21 heavy (non-hydrogen) atoms. The fourth-order valence-electron chi connectivity index (χ4n) is 3.16. The summed E-state index contributed by atoms with van der Waals surface area (Å²) in [5.74, 6) is 0.0774. The van der Waals surface area contributed by atoms with E-state index in [0.717, 1.165) is 44.8 Å². The predicted molar refractivity (Wildman–Crippen MR) is 74.7 cm³/mol. The first-order valence-corrected chi connectivity index (χ1v) is 6.89. The monoisotopic (exact) mass is 322 g/mol. The van der Waals surface area contributed by atoms with Crippen molar-refractivity contribution in [2.24, 2.45) is 5.41 Å². The van der Waals surface area contributed by atoms with Crippen LogP contribution in [0.3, 0.4) is 0 Å². The first-order chi connectivity index (χ1) is 9.47. The summed E-state index contributed by atoms with van der Waals surface area (Å²) < 4.78 is 43.3. The van der Waals surface area contributed by atoms with Crippen molar-refractivity contribution in [1.82, 2.24) is 10.3 Å². The molecule has 1 aromatic heterocycles. The Hall–Kier alpha value is -1.01. The molecule has 1 saturated heterocycles. The van der Waals surface area contributed by atoms with Crippen molar-refractivity contribution in [1.29, 1.82) is 0 Å². The summed E-state index contributed by atoms with van der Waals surface area (Å²) in [5, 5.41) is 3.32. The Morgan fingerprint density at radius 2 is 1.86 bits per heavy atom. The Bertz CT molecular complexity index is 481. The highest BCUT2D eigenvalue weighted by molar-refractivity contribution is 5.85. The Morgan fingerprint density at radius 3 is 2.48 bits per heavy atom. The number of aromatic nitrogens is 1. The van der Waals surface area contributed by atoms with Crippen molar-refractivity contribution in [3.8, 4) is 5.88 Å². The van der Waals surface area contributed by atoms with Gasteiger partial charge < -0.3 is 10.1 Å². The average Bonchev–Trinajstić information content (AvgIpc) is 2.37. The fourth-order valence-corrected chi connectivity index (χ4v) is 3.16. The van der Waals surface area contributed by atoms with E-state index in [1.807, 2.05) is 0 Å². The number of hydrogen-bond donors (Lipinski definition) is 1. The molecule has 0 bridgehead atoms. The van der Waals surface area contributed by atoms with Gasteiger partial charge in [-0.3, -0.25) is 0 Å². The van der Waals surface area contributed by atoms with Gasteiger partial charge in [-0.25, -0.2) is 4.98 Å². The molecular formula is C14H18ClF3N2O. The highest BCUT2D eigenvalue weighted by Crippen LogP contribution is 2.49. The second kappa shape index (κ2) is 6.01. The zero-order valence-corrected chi connectivity index (χ0v) is 12.3. The zero-order valence-electron chi connectivity index (χ0n) is 11.4. The molecule has 1 saturated carbocycles. The molecule has 1 N–H and O–H groups in total. The second-order valence-corrected chi connectivity index (χ2v) is 5.76. The standard InChI is InChI=1S/C14H17F3N2O.ClH/c15-14(16,17)11-2-1-3-12(19-11)20-10-8-13(9-10)4-6-18-7-5-13;/h1-3,10,18H,4-9H2;1H. The van der Waals surface area contributed by atoms with Crippen LogP contribution in [0.15, 0.2) is 18.2 Å². The van der Waals surface area contributed by atoms with E-state index >= 15 is 0 Å². The zero-order chi connectivity index (χ0) is 14.2. The van der Waals surface area contributed by atoms with Gasteiger partial charge in [0.15, 0.2) is 0 Å². The van der Waals surface area contributed by atoms with E-state index < -0.39 is 11.9 Å². The number of nitrogens with one attached hydrogen (secondary N) is 1.